The van der Waals surface area contributed by atoms with Crippen LogP contribution in [0.5, 0.6) is 0 Å². The molecule has 0 spiro atoms. The van der Waals surface area contributed by atoms with Crippen molar-refractivity contribution in [2.75, 3.05) is 18.5 Å². The minimum absolute atomic E-state index is 0.106. The summed E-state index contributed by atoms with van der Waals surface area (Å²) in [5.41, 5.74) is 8.62. The molecule has 1 atom stereocenters. The summed E-state index contributed by atoms with van der Waals surface area (Å²) in [4.78, 5) is 2.40. The second-order valence-electron chi connectivity index (χ2n) is 5.73. The summed E-state index contributed by atoms with van der Waals surface area (Å²) in [6, 6.07) is 8.64. The first-order valence-electron chi connectivity index (χ1n) is 7.24. The van der Waals surface area contributed by atoms with Gasteiger partial charge in [-0.3, -0.25) is 0 Å². The molecule has 1 fully saturated rings. The summed E-state index contributed by atoms with van der Waals surface area (Å²) in [6.45, 7) is 3.23. The molecule has 2 nitrogen and oxygen atoms in total. The molecule has 1 saturated carbocycles. The predicted molar refractivity (Wildman–Crippen MR) is 78.9 cm³/mol. The predicted octanol–water partition coefficient (Wildman–Crippen LogP) is 3.72. The lowest BCUT2D eigenvalue weighted by Gasteiger charge is -2.30. The standard InChI is InChI=1S/C16H26N2/c1-13(17)15-10-6-7-11-16(15)18(2)12-14-8-4-3-5-9-14/h6-7,10-11,13-14H,3-5,8-9,12,17H2,1-2H3/t13-/m0/s1. The number of hydrogen-bond donors (Lipinski definition) is 1. The van der Waals surface area contributed by atoms with Gasteiger partial charge in [0.1, 0.15) is 0 Å². The van der Waals surface area contributed by atoms with Gasteiger partial charge in [-0.1, -0.05) is 37.5 Å². The molecule has 18 heavy (non-hydrogen) atoms. The maximum atomic E-state index is 6.06. The Bertz CT molecular complexity index is 367. The first-order valence-corrected chi connectivity index (χ1v) is 7.24. The van der Waals surface area contributed by atoms with E-state index < -0.39 is 0 Å². The van der Waals surface area contributed by atoms with Gasteiger partial charge in [0, 0.05) is 25.3 Å². The van der Waals surface area contributed by atoms with Crippen molar-refractivity contribution in [2.45, 2.75) is 45.1 Å². The number of nitrogens with two attached hydrogens (primary N) is 1. The zero-order chi connectivity index (χ0) is 13.0. The van der Waals surface area contributed by atoms with Crippen LogP contribution in [0.1, 0.15) is 50.6 Å². The van der Waals surface area contributed by atoms with Crippen LogP contribution in [0.25, 0.3) is 0 Å². The number of hydrogen-bond acceptors (Lipinski definition) is 2. The van der Waals surface area contributed by atoms with Crippen LogP contribution in [-0.4, -0.2) is 13.6 Å². The topological polar surface area (TPSA) is 29.3 Å². The summed E-state index contributed by atoms with van der Waals surface area (Å²) in [5, 5.41) is 0. The number of rotatable bonds is 4. The van der Waals surface area contributed by atoms with Gasteiger partial charge in [-0.25, -0.2) is 0 Å². The van der Waals surface area contributed by atoms with E-state index in [-0.39, 0.29) is 6.04 Å². The number of para-hydroxylation sites is 1. The molecule has 0 unspecified atom stereocenters. The van der Waals surface area contributed by atoms with Crippen molar-refractivity contribution in [3.8, 4) is 0 Å². The molecule has 100 valence electrons. The van der Waals surface area contributed by atoms with Crippen LogP contribution in [0.15, 0.2) is 24.3 Å². The van der Waals surface area contributed by atoms with E-state index in [1.807, 2.05) is 0 Å². The van der Waals surface area contributed by atoms with Gasteiger partial charge in [0.2, 0.25) is 0 Å². The third-order valence-electron chi connectivity index (χ3n) is 4.10. The van der Waals surface area contributed by atoms with Gasteiger partial charge in [0.05, 0.1) is 0 Å². The first-order chi connectivity index (χ1) is 8.68. The largest absolute Gasteiger partial charge is 0.374 e. The maximum absolute atomic E-state index is 6.06. The minimum atomic E-state index is 0.106. The van der Waals surface area contributed by atoms with Crippen molar-refractivity contribution in [3.63, 3.8) is 0 Å². The van der Waals surface area contributed by atoms with Crippen LogP contribution >= 0.6 is 0 Å². The molecule has 2 N–H and O–H groups in total. The van der Waals surface area contributed by atoms with E-state index in [9.17, 15) is 0 Å². The summed E-state index contributed by atoms with van der Waals surface area (Å²) >= 11 is 0. The summed E-state index contributed by atoms with van der Waals surface area (Å²) < 4.78 is 0. The first kappa shape index (κ1) is 13.4. The number of nitrogens with zero attached hydrogens (tertiary/aromatic N) is 1. The maximum Gasteiger partial charge on any atom is 0.0412 e. The van der Waals surface area contributed by atoms with E-state index in [0.717, 1.165) is 5.92 Å². The normalized spacial score (nSPS) is 18.6. The average molecular weight is 246 g/mol. The zero-order valence-corrected chi connectivity index (χ0v) is 11.7. The van der Waals surface area contributed by atoms with Gasteiger partial charge in [-0.2, -0.15) is 0 Å². The molecule has 0 radical (unpaired) electrons. The highest BCUT2D eigenvalue weighted by Crippen LogP contribution is 2.28. The Labute approximate surface area is 111 Å². The smallest absolute Gasteiger partial charge is 0.0412 e. The van der Waals surface area contributed by atoms with Gasteiger partial charge >= 0.3 is 0 Å². The molecule has 0 aromatic heterocycles. The van der Waals surface area contributed by atoms with Crippen molar-refractivity contribution in [2.24, 2.45) is 11.7 Å². The zero-order valence-electron chi connectivity index (χ0n) is 11.7. The fourth-order valence-corrected chi connectivity index (χ4v) is 3.08. The van der Waals surface area contributed by atoms with Crippen LogP contribution in [-0.2, 0) is 0 Å². The molecule has 1 aliphatic carbocycles. The van der Waals surface area contributed by atoms with Crippen molar-refractivity contribution in [3.05, 3.63) is 29.8 Å². The Balaban J connectivity index is 2.05. The minimum Gasteiger partial charge on any atom is -0.374 e. The van der Waals surface area contributed by atoms with Crippen LogP contribution in [0.4, 0.5) is 5.69 Å². The van der Waals surface area contributed by atoms with E-state index >= 15 is 0 Å². The molecular weight excluding hydrogens is 220 g/mol. The molecule has 2 heteroatoms. The van der Waals surface area contributed by atoms with Gasteiger partial charge in [-0.05, 0) is 37.3 Å². The molecule has 0 heterocycles. The number of anilines is 1. The molecule has 0 amide bonds. The van der Waals surface area contributed by atoms with Gasteiger partial charge in [0.25, 0.3) is 0 Å². The highest BCUT2D eigenvalue weighted by atomic mass is 15.1. The van der Waals surface area contributed by atoms with Gasteiger partial charge in [-0.15, -0.1) is 0 Å². The second-order valence-corrected chi connectivity index (χ2v) is 5.73. The molecule has 2 rings (SSSR count). The molecule has 1 aromatic rings. The van der Waals surface area contributed by atoms with E-state index in [1.54, 1.807) is 0 Å². The van der Waals surface area contributed by atoms with Crippen LogP contribution < -0.4 is 10.6 Å². The van der Waals surface area contributed by atoms with Gasteiger partial charge < -0.3 is 10.6 Å². The van der Waals surface area contributed by atoms with E-state index in [2.05, 4.69) is 43.1 Å². The molecular formula is C16H26N2. The third-order valence-corrected chi connectivity index (χ3v) is 4.10. The van der Waals surface area contributed by atoms with Crippen molar-refractivity contribution >= 4 is 5.69 Å². The summed E-state index contributed by atoms with van der Waals surface area (Å²) in [6.07, 6.45) is 7.03. The molecule has 0 bridgehead atoms. The van der Waals surface area contributed by atoms with Crippen LogP contribution in [0.3, 0.4) is 0 Å². The van der Waals surface area contributed by atoms with E-state index in [4.69, 9.17) is 5.73 Å². The molecule has 0 saturated heterocycles. The van der Waals surface area contributed by atoms with E-state index in [0.29, 0.717) is 0 Å². The fourth-order valence-electron chi connectivity index (χ4n) is 3.08. The average Bonchev–Trinajstić information content (AvgIpc) is 2.40. The SMILES string of the molecule is C[C@H](N)c1ccccc1N(C)CC1CCCCC1. The van der Waals surface area contributed by atoms with Crippen LogP contribution in [0, 0.1) is 5.92 Å². The number of benzene rings is 1. The Morgan fingerprint density at radius 2 is 1.89 bits per heavy atom. The Morgan fingerprint density at radius 1 is 1.22 bits per heavy atom. The second kappa shape index (κ2) is 6.24. The summed E-state index contributed by atoms with van der Waals surface area (Å²) in [7, 11) is 2.20. The molecule has 0 aliphatic heterocycles. The van der Waals surface area contributed by atoms with Crippen molar-refractivity contribution in [1.82, 2.24) is 0 Å². The van der Waals surface area contributed by atoms with Crippen LogP contribution in [0.2, 0.25) is 0 Å². The lowest BCUT2D eigenvalue weighted by atomic mass is 9.89. The monoisotopic (exact) mass is 246 g/mol. The van der Waals surface area contributed by atoms with E-state index in [1.165, 1.54) is 49.9 Å². The third kappa shape index (κ3) is 3.26. The highest BCUT2D eigenvalue weighted by Gasteiger charge is 2.17. The summed E-state index contributed by atoms with van der Waals surface area (Å²) in [5.74, 6) is 0.866. The molecule has 1 aliphatic rings. The van der Waals surface area contributed by atoms with Gasteiger partial charge in [0.15, 0.2) is 0 Å². The lowest BCUT2D eigenvalue weighted by molar-refractivity contribution is 0.362. The lowest BCUT2D eigenvalue weighted by Crippen LogP contribution is -2.28. The highest BCUT2D eigenvalue weighted by molar-refractivity contribution is 5.54. The Kier molecular flexibility index (Phi) is 4.65. The quantitative estimate of drug-likeness (QED) is 0.877. The Hall–Kier alpha value is -1.02. The fraction of sp³-hybridized carbons (Fsp3) is 0.625. The Morgan fingerprint density at radius 3 is 2.56 bits per heavy atom. The van der Waals surface area contributed by atoms with Crippen molar-refractivity contribution in [1.29, 1.82) is 0 Å². The van der Waals surface area contributed by atoms with Crippen molar-refractivity contribution < 1.29 is 0 Å². The molecule has 1 aromatic carbocycles.